The minimum absolute atomic E-state index is 0.0805. The van der Waals surface area contributed by atoms with Crippen LogP contribution < -0.4 is 14.7 Å². The zero-order valence-electron chi connectivity index (χ0n) is 25.3. The van der Waals surface area contributed by atoms with Crippen LogP contribution in [0.25, 0.3) is 0 Å². The quantitative estimate of drug-likeness (QED) is 0.107. The average Bonchev–Trinajstić information content (AvgIpc) is 3.50. The van der Waals surface area contributed by atoms with Crippen molar-refractivity contribution in [3.8, 4) is 0 Å². The number of anilines is 3. The summed E-state index contributed by atoms with van der Waals surface area (Å²) in [5, 5.41) is 23.2. The van der Waals surface area contributed by atoms with Crippen molar-refractivity contribution in [2.45, 2.75) is 31.1 Å². The number of nitrogens with zero attached hydrogens (tertiary/aromatic N) is 5. The fourth-order valence-corrected chi connectivity index (χ4v) is 7.01. The van der Waals surface area contributed by atoms with Crippen molar-refractivity contribution in [1.82, 2.24) is 0 Å². The molecule has 0 unspecified atom stereocenters. The van der Waals surface area contributed by atoms with Gasteiger partial charge in [0.25, 0.3) is 11.4 Å². The summed E-state index contributed by atoms with van der Waals surface area (Å²) >= 11 is 12.1. The van der Waals surface area contributed by atoms with Crippen LogP contribution >= 0.6 is 23.2 Å². The normalized spacial score (nSPS) is 18.2. The first-order valence-corrected chi connectivity index (χ1v) is 15.8. The predicted molar refractivity (Wildman–Crippen MR) is 176 cm³/mol. The van der Waals surface area contributed by atoms with Crippen molar-refractivity contribution in [1.29, 1.82) is 0 Å². The van der Waals surface area contributed by atoms with E-state index in [0.29, 0.717) is 42.7 Å². The van der Waals surface area contributed by atoms with Crippen LogP contribution in [0.4, 0.5) is 50.4 Å². The van der Waals surface area contributed by atoms with Crippen LogP contribution in [0.15, 0.2) is 72.8 Å². The van der Waals surface area contributed by atoms with E-state index in [1.807, 2.05) is 4.90 Å². The van der Waals surface area contributed by atoms with Gasteiger partial charge in [0.15, 0.2) is 11.6 Å². The Balaban J connectivity index is 1.32. The molecule has 0 N–H and O–H groups in total. The second-order valence-electron chi connectivity index (χ2n) is 11.7. The van der Waals surface area contributed by atoms with Gasteiger partial charge in [0, 0.05) is 49.7 Å². The summed E-state index contributed by atoms with van der Waals surface area (Å²) in [7, 11) is 0. The molecule has 2 heterocycles. The molecule has 0 amide bonds. The van der Waals surface area contributed by atoms with Crippen LogP contribution in [0, 0.1) is 31.9 Å². The van der Waals surface area contributed by atoms with Crippen molar-refractivity contribution >= 4 is 51.6 Å². The van der Waals surface area contributed by atoms with Gasteiger partial charge in [-0.15, -0.1) is 0 Å². The molecule has 16 heteroatoms. The molecule has 2 aliphatic heterocycles. The smallest absolute Gasteiger partial charge is 0.368 e. The van der Waals surface area contributed by atoms with E-state index in [2.05, 4.69) is 0 Å². The monoisotopic (exact) mass is 721 g/mol. The Morgan fingerprint density at radius 3 is 1.53 bits per heavy atom. The molecule has 2 aliphatic rings. The summed E-state index contributed by atoms with van der Waals surface area (Å²) in [5.74, 6) is -1.74. The number of halogens is 7. The third kappa shape index (κ3) is 6.79. The zero-order valence-corrected chi connectivity index (χ0v) is 26.9. The van der Waals surface area contributed by atoms with Gasteiger partial charge in [-0.3, -0.25) is 20.2 Å². The molecule has 0 radical (unpaired) electrons. The highest BCUT2D eigenvalue weighted by molar-refractivity contribution is 6.33. The Hall–Kier alpha value is -4.69. The van der Waals surface area contributed by atoms with Crippen LogP contribution in [-0.2, 0) is 6.18 Å². The highest BCUT2D eigenvalue weighted by Gasteiger charge is 2.38. The Bertz CT molecular complexity index is 1830. The molecule has 4 aromatic rings. The average molecular weight is 722 g/mol. The lowest BCUT2D eigenvalue weighted by atomic mass is 10.0. The molecule has 2 saturated heterocycles. The highest BCUT2D eigenvalue weighted by atomic mass is 35.5. The summed E-state index contributed by atoms with van der Waals surface area (Å²) in [4.78, 5) is 27.1. The number of benzene rings is 4. The van der Waals surface area contributed by atoms with Gasteiger partial charge in [0.05, 0.1) is 27.5 Å². The van der Waals surface area contributed by atoms with E-state index in [9.17, 15) is 33.4 Å². The maximum atomic E-state index is 16.0. The van der Waals surface area contributed by atoms with E-state index in [4.69, 9.17) is 23.2 Å². The predicted octanol–water partition coefficient (Wildman–Crippen LogP) is 9.52. The molecule has 2 fully saturated rings. The van der Waals surface area contributed by atoms with Crippen molar-refractivity contribution in [3.63, 3.8) is 0 Å². The standard InChI is InChI=1S/C33H26Cl2F5N5O4/c34-24-7-1-19(15-30(24)44(46)47)28-9-10-29(20-2-8-25(35)31(16-20)45(48)49)43(28)23-17-26(36)32(27(37)18-23)42-13-11-41(12-14-42)22-5-3-21(4-6-22)33(38,39)40/h1-8,15-18,28-29H,9-14H2/t28-,29+. The van der Waals surface area contributed by atoms with Crippen LogP contribution in [0.5, 0.6) is 0 Å². The third-order valence-corrected chi connectivity index (χ3v) is 9.58. The molecule has 2 atom stereocenters. The largest absolute Gasteiger partial charge is 0.416 e. The van der Waals surface area contributed by atoms with E-state index in [0.717, 1.165) is 12.1 Å². The van der Waals surface area contributed by atoms with E-state index < -0.39 is 45.3 Å². The van der Waals surface area contributed by atoms with Gasteiger partial charge in [-0.1, -0.05) is 35.3 Å². The first kappa shape index (κ1) is 34.2. The summed E-state index contributed by atoms with van der Waals surface area (Å²) in [6.07, 6.45) is -3.69. The molecule has 9 nitrogen and oxygen atoms in total. The zero-order chi connectivity index (χ0) is 35.2. The van der Waals surface area contributed by atoms with Gasteiger partial charge >= 0.3 is 6.18 Å². The van der Waals surface area contributed by atoms with Gasteiger partial charge < -0.3 is 14.7 Å². The Morgan fingerprint density at radius 2 is 1.10 bits per heavy atom. The van der Waals surface area contributed by atoms with Crippen molar-refractivity contribution in [3.05, 3.63) is 131 Å². The van der Waals surface area contributed by atoms with Crippen molar-refractivity contribution in [2.24, 2.45) is 0 Å². The van der Waals surface area contributed by atoms with Crippen LogP contribution in [0.2, 0.25) is 10.0 Å². The number of alkyl halides is 3. The van der Waals surface area contributed by atoms with Gasteiger partial charge in [0.2, 0.25) is 0 Å². The van der Waals surface area contributed by atoms with E-state index in [1.165, 1.54) is 53.4 Å². The molecular weight excluding hydrogens is 696 g/mol. The molecule has 0 bridgehead atoms. The number of nitro benzene ring substituents is 2. The summed E-state index contributed by atoms with van der Waals surface area (Å²) < 4.78 is 70.9. The molecule has 4 aromatic carbocycles. The van der Waals surface area contributed by atoms with Crippen molar-refractivity contribution in [2.75, 3.05) is 40.9 Å². The second-order valence-corrected chi connectivity index (χ2v) is 12.5. The van der Waals surface area contributed by atoms with E-state index in [1.54, 1.807) is 17.0 Å². The van der Waals surface area contributed by atoms with Gasteiger partial charge in [0.1, 0.15) is 15.7 Å². The van der Waals surface area contributed by atoms with Crippen LogP contribution in [-0.4, -0.2) is 36.0 Å². The molecule has 49 heavy (non-hydrogen) atoms. The lowest BCUT2D eigenvalue weighted by Gasteiger charge is -2.38. The Kier molecular flexibility index (Phi) is 9.29. The number of hydrogen-bond donors (Lipinski definition) is 0. The first-order chi connectivity index (χ1) is 23.2. The minimum Gasteiger partial charge on any atom is -0.368 e. The molecule has 6 rings (SSSR count). The maximum absolute atomic E-state index is 16.0. The molecule has 0 aromatic heterocycles. The summed E-state index contributed by atoms with van der Waals surface area (Å²) in [6, 6.07) is 14.4. The summed E-state index contributed by atoms with van der Waals surface area (Å²) in [5.41, 5.74) is -0.124. The number of hydrogen-bond acceptors (Lipinski definition) is 7. The van der Waals surface area contributed by atoms with E-state index in [-0.39, 0.29) is 45.9 Å². The van der Waals surface area contributed by atoms with E-state index >= 15 is 8.78 Å². The Labute approximate surface area is 286 Å². The summed E-state index contributed by atoms with van der Waals surface area (Å²) in [6.45, 7) is 0.970. The second kappa shape index (κ2) is 13.3. The number of nitro groups is 2. The van der Waals surface area contributed by atoms with Gasteiger partial charge in [-0.05, 0) is 72.5 Å². The Morgan fingerprint density at radius 1 is 0.653 bits per heavy atom. The molecule has 0 saturated carbocycles. The van der Waals surface area contributed by atoms with Gasteiger partial charge in [-0.25, -0.2) is 8.78 Å². The molecular formula is C33H26Cl2F5N5O4. The minimum atomic E-state index is -4.47. The van der Waals surface area contributed by atoms with Crippen LogP contribution in [0.3, 0.4) is 0 Å². The lowest BCUT2D eigenvalue weighted by molar-refractivity contribution is -0.384. The molecule has 0 spiro atoms. The number of piperazine rings is 1. The fraction of sp³-hybridized carbons (Fsp3) is 0.273. The molecule has 0 aliphatic carbocycles. The van der Waals surface area contributed by atoms with Crippen molar-refractivity contribution < 1.29 is 31.8 Å². The lowest BCUT2D eigenvalue weighted by Crippen LogP contribution is -2.47. The van der Waals surface area contributed by atoms with Crippen LogP contribution in [0.1, 0.15) is 41.6 Å². The van der Waals surface area contributed by atoms with Gasteiger partial charge in [-0.2, -0.15) is 13.2 Å². The first-order valence-electron chi connectivity index (χ1n) is 15.0. The SMILES string of the molecule is O=[N+]([O-])c1cc([C@H]2CC[C@@H](c3ccc(Cl)c([N+](=O)[O-])c3)N2c2cc(F)c(N3CCN(c4ccc(C(F)(F)F)cc4)CC3)c(F)c2)ccc1Cl. The topological polar surface area (TPSA) is 96.0 Å². The molecule has 256 valence electrons. The fourth-order valence-electron chi connectivity index (χ4n) is 6.63. The third-order valence-electron chi connectivity index (χ3n) is 8.94. The highest BCUT2D eigenvalue weighted by Crippen LogP contribution is 2.49. The number of rotatable bonds is 7. The maximum Gasteiger partial charge on any atom is 0.416 e.